The van der Waals surface area contributed by atoms with Gasteiger partial charge in [0.25, 0.3) is 0 Å². The second kappa shape index (κ2) is 5.12. The molecule has 0 unspecified atom stereocenters. The van der Waals surface area contributed by atoms with Gasteiger partial charge in [0, 0.05) is 6.04 Å². The molecule has 1 saturated carbocycles. The molecule has 1 aromatic heterocycles. The lowest BCUT2D eigenvalue weighted by atomic mass is 10.00. The average molecular weight is 235 g/mol. The summed E-state index contributed by atoms with van der Waals surface area (Å²) in [6.07, 6.45) is 7.89. The molecule has 2 rings (SSSR count). The maximum Gasteiger partial charge on any atom is 0.356 e. The number of hydrogen-bond acceptors (Lipinski definition) is 4. The number of nitrogens with one attached hydrogen (secondary N) is 1. The van der Waals surface area contributed by atoms with E-state index in [2.05, 4.69) is 22.2 Å². The van der Waals surface area contributed by atoms with Gasteiger partial charge in [-0.15, -0.1) is 0 Å². The van der Waals surface area contributed by atoms with Crippen molar-refractivity contribution in [1.29, 1.82) is 0 Å². The van der Waals surface area contributed by atoms with Gasteiger partial charge in [-0.2, -0.15) is 0 Å². The van der Waals surface area contributed by atoms with Gasteiger partial charge >= 0.3 is 5.97 Å². The van der Waals surface area contributed by atoms with Gasteiger partial charge in [-0.1, -0.05) is 12.8 Å². The molecule has 1 aliphatic carbocycles. The van der Waals surface area contributed by atoms with Gasteiger partial charge in [-0.05, 0) is 25.7 Å². The van der Waals surface area contributed by atoms with E-state index in [1.54, 1.807) is 0 Å². The predicted molar refractivity (Wildman–Crippen MR) is 64.0 cm³/mol. The second-order valence-electron chi connectivity index (χ2n) is 4.57. The fourth-order valence-electron chi connectivity index (χ4n) is 2.32. The normalized spacial score (nSPS) is 17.9. The molecule has 0 bridgehead atoms. The largest absolute Gasteiger partial charge is 0.476 e. The van der Waals surface area contributed by atoms with Crippen LogP contribution in [0.1, 0.15) is 43.1 Å². The van der Waals surface area contributed by atoms with Crippen LogP contribution in [0.15, 0.2) is 12.4 Å². The standard InChI is InChI=1S/C12H17N3O2/c1-8(9-4-2-3-5-9)15-11-7-13-10(6-14-11)12(16)17/h6-9H,2-5H2,1H3,(H,14,15)(H,16,17)/t8-/m1/s1. The van der Waals surface area contributed by atoms with Crippen molar-refractivity contribution in [1.82, 2.24) is 9.97 Å². The van der Waals surface area contributed by atoms with E-state index in [0.717, 1.165) is 0 Å². The Balaban J connectivity index is 1.96. The highest BCUT2D eigenvalue weighted by Gasteiger charge is 2.21. The Kier molecular flexibility index (Phi) is 3.56. The summed E-state index contributed by atoms with van der Waals surface area (Å²) in [6, 6.07) is 0.363. The Morgan fingerprint density at radius 3 is 2.65 bits per heavy atom. The van der Waals surface area contributed by atoms with Crippen molar-refractivity contribution >= 4 is 11.8 Å². The molecule has 0 saturated heterocycles. The van der Waals surface area contributed by atoms with E-state index in [-0.39, 0.29) is 5.69 Å². The van der Waals surface area contributed by atoms with Gasteiger partial charge in [0.2, 0.25) is 0 Å². The van der Waals surface area contributed by atoms with E-state index in [0.29, 0.717) is 17.8 Å². The smallest absolute Gasteiger partial charge is 0.356 e. The van der Waals surface area contributed by atoms with Crippen molar-refractivity contribution in [3.05, 3.63) is 18.1 Å². The first-order chi connectivity index (χ1) is 8.16. The van der Waals surface area contributed by atoms with E-state index in [9.17, 15) is 4.79 Å². The van der Waals surface area contributed by atoms with Gasteiger partial charge < -0.3 is 10.4 Å². The summed E-state index contributed by atoms with van der Waals surface area (Å²) < 4.78 is 0. The second-order valence-corrected chi connectivity index (χ2v) is 4.57. The first-order valence-electron chi connectivity index (χ1n) is 5.98. The lowest BCUT2D eigenvalue weighted by Gasteiger charge is -2.20. The molecule has 0 amide bonds. The first-order valence-corrected chi connectivity index (χ1v) is 5.98. The maximum absolute atomic E-state index is 10.6. The molecular weight excluding hydrogens is 218 g/mol. The Morgan fingerprint density at radius 2 is 2.12 bits per heavy atom. The number of carboxylic acids is 1. The van der Waals surface area contributed by atoms with Crippen molar-refractivity contribution in [2.24, 2.45) is 5.92 Å². The lowest BCUT2D eigenvalue weighted by molar-refractivity contribution is 0.0690. The third-order valence-electron chi connectivity index (χ3n) is 3.35. The van der Waals surface area contributed by atoms with Crippen LogP contribution < -0.4 is 5.32 Å². The van der Waals surface area contributed by atoms with Gasteiger partial charge in [-0.3, -0.25) is 0 Å². The fraction of sp³-hybridized carbons (Fsp3) is 0.583. The molecule has 1 aliphatic rings. The van der Waals surface area contributed by atoms with Gasteiger partial charge in [0.1, 0.15) is 5.82 Å². The highest BCUT2D eigenvalue weighted by atomic mass is 16.4. The molecule has 1 aromatic rings. The molecule has 0 radical (unpaired) electrons. The van der Waals surface area contributed by atoms with Crippen LogP contribution in [-0.2, 0) is 0 Å². The number of carboxylic acid groups (broad SMARTS) is 1. The highest BCUT2D eigenvalue weighted by Crippen LogP contribution is 2.28. The highest BCUT2D eigenvalue weighted by molar-refractivity contribution is 5.84. The molecule has 17 heavy (non-hydrogen) atoms. The molecule has 5 nitrogen and oxygen atoms in total. The van der Waals surface area contributed by atoms with E-state index in [4.69, 9.17) is 5.11 Å². The van der Waals surface area contributed by atoms with Crippen LogP contribution in [0.25, 0.3) is 0 Å². The van der Waals surface area contributed by atoms with Crippen molar-refractivity contribution < 1.29 is 9.90 Å². The summed E-state index contributed by atoms with van der Waals surface area (Å²) in [5.41, 5.74) is -0.0240. The van der Waals surface area contributed by atoms with Crippen molar-refractivity contribution in [2.45, 2.75) is 38.6 Å². The topological polar surface area (TPSA) is 75.1 Å². The minimum atomic E-state index is -1.05. The zero-order valence-electron chi connectivity index (χ0n) is 9.89. The van der Waals surface area contributed by atoms with Crippen LogP contribution in [0.2, 0.25) is 0 Å². The number of carbonyl (C=O) groups is 1. The first kappa shape index (κ1) is 11.8. The minimum Gasteiger partial charge on any atom is -0.476 e. The predicted octanol–water partition coefficient (Wildman–Crippen LogP) is 2.17. The van der Waals surface area contributed by atoms with Gasteiger partial charge in [-0.25, -0.2) is 14.8 Å². The van der Waals surface area contributed by atoms with E-state index in [1.165, 1.54) is 38.1 Å². The van der Waals surface area contributed by atoms with Gasteiger partial charge in [0.15, 0.2) is 5.69 Å². The maximum atomic E-state index is 10.6. The molecule has 92 valence electrons. The zero-order chi connectivity index (χ0) is 12.3. The summed E-state index contributed by atoms with van der Waals surface area (Å²) in [5, 5.41) is 12.0. The molecular formula is C12H17N3O2. The molecule has 0 aromatic carbocycles. The SMILES string of the molecule is C[C@@H](Nc1cnc(C(=O)O)cn1)C1CCCC1. The average Bonchev–Trinajstić information content (AvgIpc) is 2.83. The molecule has 0 aliphatic heterocycles. The number of aromatic nitrogens is 2. The monoisotopic (exact) mass is 235 g/mol. The number of anilines is 1. The molecule has 1 atom stereocenters. The molecule has 0 spiro atoms. The molecule has 1 fully saturated rings. The summed E-state index contributed by atoms with van der Waals surface area (Å²) in [4.78, 5) is 18.5. The minimum absolute atomic E-state index is 0.0240. The van der Waals surface area contributed by atoms with Crippen LogP contribution in [0.3, 0.4) is 0 Å². The lowest BCUT2D eigenvalue weighted by Crippen LogP contribution is -2.24. The van der Waals surface area contributed by atoms with Crippen LogP contribution in [0.5, 0.6) is 0 Å². The fourth-order valence-corrected chi connectivity index (χ4v) is 2.32. The Morgan fingerprint density at radius 1 is 1.41 bits per heavy atom. The van der Waals surface area contributed by atoms with E-state index in [1.807, 2.05) is 0 Å². The molecule has 5 heteroatoms. The number of nitrogens with zero attached hydrogens (tertiary/aromatic N) is 2. The summed E-state index contributed by atoms with van der Waals surface area (Å²) in [5.74, 6) is 0.290. The zero-order valence-corrected chi connectivity index (χ0v) is 9.89. The summed E-state index contributed by atoms with van der Waals surface area (Å²) >= 11 is 0. The Bertz CT molecular complexity index is 385. The van der Waals surface area contributed by atoms with Crippen LogP contribution >= 0.6 is 0 Å². The van der Waals surface area contributed by atoms with Crippen LogP contribution in [0.4, 0.5) is 5.82 Å². The number of hydrogen-bond donors (Lipinski definition) is 2. The summed E-state index contributed by atoms with van der Waals surface area (Å²) in [7, 11) is 0. The van der Waals surface area contributed by atoms with Crippen LogP contribution in [-0.4, -0.2) is 27.1 Å². The molecule has 1 heterocycles. The van der Waals surface area contributed by atoms with Gasteiger partial charge in [0.05, 0.1) is 12.4 Å². The molecule has 2 N–H and O–H groups in total. The Hall–Kier alpha value is -1.65. The van der Waals surface area contributed by atoms with E-state index >= 15 is 0 Å². The van der Waals surface area contributed by atoms with Crippen molar-refractivity contribution in [3.63, 3.8) is 0 Å². The Labute approximate surface area is 100 Å². The summed E-state index contributed by atoms with van der Waals surface area (Å²) in [6.45, 7) is 2.14. The quantitative estimate of drug-likeness (QED) is 0.836. The van der Waals surface area contributed by atoms with E-state index < -0.39 is 5.97 Å². The van der Waals surface area contributed by atoms with Crippen molar-refractivity contribution in [3.8, 4) is 0 Å². The third-order valence-corrected chi connectivity index (χ3v) is 3.35. The number of aromatic carboxylic acids is 1. The number of rotatable bonds is 4. The third kappa shape index (κ3) is 2.93. The van der Waals surface area contributed by atoms with Crippen LogP contribution in [0, 0.1) is 5.92 Å². The van der Waals surface area contributed by atoms with Crippen molar-refractivity contribution in [2.75, 3.05) is 5.32 Å².